The Morgan fingerprint density at radius 1 is 0.310 bits per heavy atom. The predicted molar refractivity (Wildman–Crippen MR) is 185 cm³/mol. The van der Waals surface area contributed by atoms with E-state index >= 15 is 0 Å². The lowest BCUT2D eigenvalue weighted by molar-refractivity contribution is -0.133. The summed E-state index contributed by atoms with van der Waals surface area (Å²) in [7, 11) is 0. The van der Waals surface area contributed by atoms with Crippen LogP contribution in [0, 0.1) is 0 Å². The largest absolute Gasteiger partial charge is 0.343 e. The van der Waals surface area contributed by atoms with Crippen LogP contribution < -0.4 is 0 Å². The Morgan fingerprint density at radius 3 is 0.762 bits per heavy atom. The Bertz CT molecular complexity index is 497. The fraction of sp³-hybridized carbons (Fsp3) is 0.947. The van der Waals surface area contributed by atoms with Gasteiger partial charge in [0.25, 0.3) is 0 Å². The number of unbranched alkanes of at least 4 members (excludes halogenated alkanes) is 21. The van der Waals surface area contributed by atoms with E-state index in [1.165, 1.54) is 128 Å². The quantitative estimate of drug-likeness (QED) is 0.0711. The van der Waals surface area contributed by atoms with E-state index in [4.69, 9.17) is 0 Å². The smallest absolute Gasteiger partial charge is 0.222 e. The average molecular weight is 593 g/mol. The summed E-state index contributed by atoms with van der Waals surface area (Å²) in [5.74, 6) is 0.640. The zero-order chi connectivity index (χ0) is 30.9. The predicted octanol–water partition coefficient (Wildman–Crippen LogP) is 11.6. The average Bonchev–Trinajstić information content (AvgIpc) is 2.99. The molecule has 0 aromatic rings. The minimum Gasteiger partial charge on any atom is -0.343 e. The number of hydrogen-bond acceptors (Lipinski definition) is 2. The molecule has 42 heavy (non-hydrogen) atoms. The van der Waals surface area contributed by atoms with Crippen molar-refractivity contribution in [3.05, 3.63) is 0 Å². The van der Waals surface area contributed by atoms with Crippen LogP contribution in [0.2, 0.25) is 0 Å². The lowest BCUT2D eigenvalue weighted by Gasteiger charge is -2.24. The molecule has 0 aliphatic heterocycles. The Labute approximate surface area is 264 Å². The Balaban J connectivity index is 4.58. The van der Waals surface area contributed by atoms with E-state index in [0.717, 1.165) is 64.7 Å². The molecule has 0 spiro atoms. The molecular formula is C38H76N2O2. The van der Waals surface area contributed by atoms with E-state index in [1.807, 2.05) is 0 Å². The van der Waals surface area contributed by atoms with Crippen LogP contribution in [-0.4, -0.2) is 47.8 Å². The van der Waals surface area contributed by atoms with Crippen molar-refractivity contribution in [2.24, 2.45) is 0 Å². The first-order valence-corrected chi connectivity index (χ1v) is 19.2. The third-order valence-corrected chi connectivity index (χ3v) is 8.86. The number of carbonyl (C=O) groups excluding carboxylic acids is 2. The van der Waals surface area contributed by atoms with Crippen molar-refractivity contribution in [3.8, 4) is 0 Å². The summed E-state index contributed by atoms with van der Waals surface area (Å²) in [5, 5.41) is 0. The second-order valence-electron chi connectivity index (χ2n) is 13.0. The maximum Gasteiger partial charge on any atom is 0.222 e. The summed E-state index contributed by atoms with van der Waals surface area (Å²) < 4.78 is 0. The molecule has 0 aliphatic rings. The fourth-order valence-electron chi connectivity index (χ4n) is 5.92. The van der Waals surface area contributed by atoms with Gasteiger partial charge in [-0.15, -0.1) is 0 Å². The molecule has 2 amide bonds. The van der Waals surface area contributed by atoms with E-state index in [-0.39, 0.29) is 0 Å². The third kappa shape index (κ3) is 26.6. The summed E-state index contributed by atoms with van der Waals surface area (Å²) >= 11 is 0. The molecule has 0 unspecified atom stereocenters. The standard InChI is InChI=1S/C38H76N2O2/c1-5-9-13-17-21-27-33-39(34-28-22-18-14-10-6-2)37(41)31-25-26-32-38(42)40(35-29-23-19-15-11-7-3)36-30-24-20-16-12-8-4/h5-36H2,1-4H3. The second kappa shape index (κ2) is 32.8. The highest BCUT2D eigenvalue weighted by atomic mass is 16.2. The highest BCUT2D eigenvalue weighted by Crippen LogP contribution is 2.14. The number of rotatable bonds is 33. The molecule has 0 aromatic carbocycles. The summed E-state index contributed by atoms with van der Waals surface area (Å²) in [6.07, 6.45) is 33.3. The minimum atomic E-state index is 0.320. The molecule has 0 bridgehead atoms. The maximum absolute atomic E-state index is 13.2. The van der Waals surface area contributed by atoms with Crippen LogP contribution >= 0.6 is 0 Å². The van der Waals surface area contributed by atoms with Gasteiger partial charge in [0.15, 0.2) is 0 Å². The van der Waals surface area contributed by atoms with Crippen LogP contribution in [0.25, 0.3) is 0 Å². The highest BCUT2D eigenvalue weighted by Gasteiger charge is 2.15. The molecule has 250 valence electrons. The molecule has 0 aromatic heterocycles. The Kier molecular flexibility index (Phi) is 32.0. The molecule has 0 atom stereocenters. The van der Waals surface area contributed by atoms with Gasteiger partial charge in [0.2, 0.25) is 11.8 Å². The lowest BCUT2D eigenvalue weighted by atomic mass is 10.1. The van der Waals surface area contributed by atoms with Crippen molar-refractivity contribution in [3.63, 3.8) is 0 Å². The van der Waals surface area contributed by atoms with E-state index < -0.39 is 0 Å². The first kappa shape index (κ1) is 40.9. The molecular weight excluding hydrogens is 516 g/mol. The van der Waals surface area contributed by atoms with Crippen LogP contribution in [0.4, 0.5) is 0 Å². The van der Waals surface area contributed by atoms with Gasteiger partial charge in [-0.05, 0) is 38.5 Å². The molecule has 0 saturated heterocycles. The number of hydrogen-bond donors (Lipinski definition) is 0. The van der Waals surface area contributed by atoms with Gasteiger partial charge in [-0.25, -0.2) is 0 Å². The van der Waals surface area contributed by atoms with E-state index in [9.17, 15) is 9.59 Å². The molecule has 0 radical (unpaired) electrons. The van der Waals surface area contributed by atoms with Gasteiger partial charge in [0, 0.05) is 39.0 Å². The van der Waals surface area contributed by atoms with Gasteiger partial charge in [-0.3, -0.25) is 9.59 Å². The molecule has 0 fully saturated rings. The molecule has 4 nitrogen and oxygen atoms in total. The molecule has 4 heteroatoms. The molecule has 0 N–H and O–H groups in total. The SMILES string of the molecule is CCCCCCCCN(CCCCCCCC)C(=O)CCCCC(=O)N(CCCCCCCC)CCCCCCCC. The number of amides is 2. The van der Waals surface area contributed by atoms with E-state index in [2.05, 4.69) is 37.5 Å². The van der Waals surface area contributed by atoms with Crippen molar-refractivity contribution >= 4 is 11.8 Å². The highest BCUT2D eigenvalue weighted by molar-refractivity contribution is 5.77. The van der Waals surface area contributed by atoms with Crippen molar-refractivity contribution in [2.45, 2.75) is 207 Å². The zero-order valence-electron chi connectivity index (χ0n) is 29.3. The zero-order valence-corrected chi connectivity index (χ0v) is 29.3. The maximum atomic E-state index is 13.2. The van der Waals surface area contributed by atoms with Crippen LogP contribution in [-0.2, 0) is 9.59 Å². The summed E-state index contributed by atoms with van der Waals surface area (Å²) in [6, 6.07) is 0. The van der Waals surface area contributed by atoms with Crippen LogP contribution in [0.1, 0.15) is 207 Å². The van der Waals surface area contributed by atoms with Crippen LogP contribution in [0.5, 0.6) is 0 Å². The third-order valence-electron chi connectivity index (χ3n) is 8.86. The van der Waals surface area contributed by atoms with Gasteiger partial charge < -0.3 is 9.80 Å². The van der Waals surface area contributed by atoms with Crippen molar-refractivity contribution in [1.29, 1.82) is 0 Å². The Hall–Kier alpha value is -1.06. The van der Waals surface area contributed by atoms with E-state index in [0.29, 0.717) is 24.7 Å². The van der Waals surface area contributed by atoms with Crippen LogP contribution in [0.3, 0.4) is 0 Å². The van der Waals surface area contributed by atoms with Gasteiger partial charge in [0.05, 0.1) is 0 Å². The van der Waals surface area contributed by atoms with E-state index in [1.54, 1.807) is 0 Å². The molecule has 0 heterocycles. The van der Waals surface area contributed by atoms with Gasteiger partial charge in [-0.2, -0.15) is 0 Å². The van der Waals surface area contributed by atoms with Crippen molar-refractivity contribution < 1.29 is 9.59 Å². The first-order valence-electron chi connectivity index (χ1n) is 19.2. The number of nitrogens with zero attached hydrogens (tertiary/aromatic N) is 2. The van der Waals surface area contributed by atoms with Crippen molar-refractivity contribution in [2.75, 3.05) is 26.2 Å². The van der Waals surface area contributed by atoms with Gasteiger partial charge >= 0.3 is 0 Å². The summed E-state index contributed by atoms with van der Waals surface area (Å²) in [4.78, 5) is 30.7. The van der Waals surface area contributed by atoms with Crippen molar-refractivity contribution in [1.82, 2.24) is 9.80 Å². The first-order chi connectivity index (χ1) is 20.6. The Morgan fingerprint density at radius 2 is 0.524 bits per heavy atom. The molecule has 0 aliphatic carbocycles. The monoisotopic (exact) mass is 593 g/mol. The number of carbonyl (C=O) groups is 2. The second-order valence-corrected chi connectivity index (χ2v) is 13.0. The fourth-order valence-corrected chi connectivity index (χ4v) is 5.92. The molecule has 0 saturated carbocycles. The normalized spacial score (nSPS) is 11.2. The van der Waals surface area contributed by atoms with Gasteiger partial charge in [-0.1, -0.05) is 156 Å². The summed E-state index contributed by atoms with van der Waals surface area (Å²) in [5.41, 5.74) is 0. The molecule has 0 rings (SSSR count). The minimum absolute atomic E-state index is 0.320. The van der Waals surface area contributed by atoms with Crippen LogP contribution in [0.15, 0.2) is 0 Å². The topological polar surface area (TPSA) is 40.6 Å². The lowest BCUT2D eigenvalue weighted by Crippen LogP contribution is -2.33. The summed E-state index contributed by atoms with van der Waals surface area (Å²) in [6.45, 7) is 12.7. The van der Waals surface area contributed by atoms with Gasteiger partial charge in [0.1, 0.15) is 0 Å².